The highest BCUT2D eigenvalue weighted by Gasteiger charge is 2.16. The first kappa shape index (κ1) is 17.5. The van der Waals surface area contributed by atoms with Gasteiger partial charge in [0.25, 0.3) is 0 Å². The minimum Gasteiger partial charge on any atom is -0.341 e. The van der Waals surface area contributed by atoms with E-state index in [1.165, 1.54) is 10.9 Å². The van der Waals surface area contributed by atoms with Gasteiger partial charge in [0.1, 0.15) is 17.2 Å². The largest absolute Gasteiger partial charge is 0.341 e. The van der Waals surface area contributed by atoms with Crippen molar-refractivity contribution in [1.29, 1.82) is 10.7 Å². The summed E-state index contributed by atoms with van der Waals surface area (Å²) in [7, 11) is 0. The molecule has 6 aromatic rings. The molecule has 0 saturated carbocycles. The molecule has 3 heterocycles. The van der Waals surface area contributed by atoms with Crippen molar-refractivity contribution in [3.8, 4) is 11.8 Å². The van der Waals surface area contributed by atoms with E-state index in [9.17, 15) is 5.26 Å². The second-order valence-corrected chi connectivity index (χ2v) is 7.59. The van der Waals surface area contributed by atoms with Gasteiger partial charge >= 0.3 is 0 Å². The Hall–Kier alpha value is -4.37. The minimum absolute atomic E-state index is 0.0696. The summed E-state index contributed by atoms with van der Waals surface area (Å²) in [4.78, 5) is 7.90. The predicted molar refractivity (Wildman–Crippen MR) is 122 cm³/mol. The Morgan fingerprint density at radius 2 is 1.71 bits per heavy atom. The highest BCUT2D eigenvalue weighted by atomic mass is 15.1. The molecular formula is C25H18N6. The first-order valence-electron chi connectivity index (χ1n) is 10.2. The number of fused-ring (bicyclic) bond motifs is 6. The van der Waals surface area contributed by atoms with Gasteiger partial charge in [0, 0.05) is 44.9 Å². The first-order valence-corrected chi connectivity index (χ1v) is 10.2. The van der Waals surface area contributed by atoms with Crippen LogP contribution in [0.15, 0.2) is 66.7 Å². The zero-order chi connectivity index (χ0) is 21.1. The monoisotopic (exact) mass is 402 g/mol. The van der Waals surface area contributed by atoms with Crippen molar-refractivity contribution in [2.45, 2.75) is 13.5 Å². The van der Waals surface area contributed by atoms with E-state index >= 15 is 0 Å². The highest BCUT2D eigenvalue weighted by Crippen LogP contribution is 2.31. The number of nitrogens with one attached hydrogen (secondary N) is 2. The van der Waals surface area contributed by atoms with E-state index in [2.05, 4.69) is 57.9 Å². The summed E-state index contributed by atoms with van der Waals surface area (Å²) >= 11 is 0. The molecule has 6 rings (SSSR count). The van der Waals surface area contributed by atoms with Crippen molar-refractivity contribution >= 4 is 43.9 Å². The number of para-hydroxylation sites is 2. The fourth-order valence-electron chi connectivity index (χ4n) is 4.63. The van der Waals surface area contributed by atoms with Gasteiger partial charge in [-0.25, -0.2) is 4.98 Å². The van der Waals surface area contributed by atoms with Gasteiger partial charge in [0.05, 0.1) is 0 Å². The molecule has 0 aliphatic rings. The number of rotatable bonds is 2. The Labute approximate surface area is 177 Å². The highest BCUT2D eigenvalue weighted by molar-refractivity contribution is 6.09. The van der Waals surface area contributed by atoms with E-state index in [4.69, 9.17) is 5.41 Å². The van der Waals surface area contributed by atoms with Gasteiger partial charge < -0.3 is 9.55 Å². The lowest BCUT2D eigenvalue weighted by Crippen LogP contribution is -2.23. The maximum absolute atomic E-state index is 9.65. The molecule has 0 aliphatic carbocycles. The number of nitriles is 1. The van der Waals surface area contributed by atoms with Crippen LogP contribution < -0.4 is 5.49 Å². The van der Waals surface area contributed by atoms with E-state index in [1.54, 1.807) is 4.57 Å². The van der Waals surface area contributed by atoms with E-state index < -0.39 is 0 Å². The summed E-state index contributed by atoms with van der Waals surface area (Å²) in [5.41, 5.74) is 5.68. The lowest BCUT2D eigenvalue weighted by molar-refractivity contribution is 0.827. The van der Waals surface area contributed by atoms with Crippen LogP contribution in [0.25, 0.3) is 49.6 Å². The molecule has 0 fully saturated rings. The Morgan fingerprint density at radius 3 is 2.52 bits per heavy atom. The molecule has 0 unspecified atom stereocenters. The second kappa shape index (κ2) is 6.31. The van der Waals surface area contributed by atoms with Crippen molar-refractivity contribution < 1.29 is 0 Å². The van der Waals surface area contributed by atoms with Crippen LogP contribution in [0.2, 0.25) is 0 Å². The predicted octanol–water partition coefficient (Wildman–Crippen LogP) is 4.99. The quantitative estimate of drug-likeness (QED) is 0.428. The number of hydrogen-bond donors (Lipinski definition) is 2. The molecule has 31 heavy (non-hydrogen) atoms. The summed E-state index contributed by atoms with van der Waals surface area (Å²) in [5.74, 6) is 0. The zero-order valence-corrected chi connectivity index (χ0v) is 16.8. The average molecular weight is 402 g/mol. The van der Waals surface area contributed by atoms with Crippen LogP contribution in [0.1, 0.15) is 12.6 Å². The SMILES string of the molecule is CCn1c2ccccc2c2cc(-n3c(=N)c(C#N)nc4c5ccccc5[nH]c43)ccc21. The number of H-pyrrole nitrogens is 1. The average Bonchev–Trinajstić information content (AvgIpc) is 3.33. The van der Waals surface area contributed by atoms with Crippen LogP contribution in [0, 0.1) is 16.7 Å². The summed E-state index contributed by atoms with van der Waals surface area (Å²) in [5, 5.41) is 21.6. The fourth-order valence-corrected chi connectivity index (χ4v) is 4.63. The number of aromatic nitrogens is 4. The molecule has 3 aromatic carbocycles. The molecule has 0 atom stereocenters. The van der Waals surface area contributed by atoms with Gasteiger partial charge in [0.2, 0.25) is 0 Å². The van der Waals surface area contributed by atoms with Gasteiger partial charge in [-0.3, -0.25) is 9.98 Å². The Balaban J connectivity index is 1.76. The topological polar surface area (TPSA) is 86.2 Å². The molecule has 0 amide bonds. The summed E-state index contributed by atoms with van der Waals surface area (Å²) in [6, 6.07) is 24.6. The Bertz CT molecular complexity index is 1760. The molecule has 0 aliphatic heterocycles. The van der Waals surface area contributed by atoms with Crippen LogP contribution in [0.5, 0.6) is 0 Å². The second-order valence-electron chi connectivity index (χ2n) is 7.59. The number of benzene rings is 3. The maximum Gasteiger partial charge on any atom is 0.184 e. The van der Waals surface area contributed by atoms with Crippen LogP contribution in [0.3, 0.4) is 0 Å². The molecule has 6 nitrogen and oxygen atoms in total. The van der Waals surface area contributed by atoms with E-state index in [0.29, 0.717) is 11.2 Å². The Kier molecular flexibility index (Phi) is 3.56. The number of aromatic amines is 1. The molecule has 0 bridgehead atoms. The standard InChI is InChI=1S/C25H18N6/c1-2-30-21-10-6-4-7-16(21)18-13-15(11-12-22(18)30)31-24(27)20(14-26)28-23-17-8-3-5-9-19(17)29-25(23)31/h3-13,27,29H,2H2,1H3. The third-order valence-corrected chi connectivity index (χ3v) is 5.99. The van der Waals surface area contributed by atoms with Gasteiger partial charge in [-0.2, -0.15) is 5.26 Å². The number of aryl methyl sites for hydroxylation is 1. The van der Waals surface area contributed by atoms with E-state index in [1.807, 2.05) is 36.4 Å². The smallest absolute Gasteiger partial charge is 0.184 e. The summed E-state index contributed by atoms with van der Waals surface area (Å²) in [6.07, 6.45) is 0. The van der Waals surface area contributed by atoms with Crippen LogP contribution in [-0.4, -0.2) is 19.1 Å². The molecule has 0 spiro atoms. The molecule has 3 aromatic heterocycles. The third kappa shape index (κ3) is 2.31. The number of hydrogen-bond acceptors (Lipinski definition) is 3. The van der Waals surface area contributed by atoms with Crippen molar-refractivity contribution in [2.24, 2.45) is 0 Å². The molecule has 0 radical (unpaired) electrons. The van der Waals surface area contributed by atoms with Crippen LogP contribution >= 0.6 is 0 Å². The molecule has 148 valence electrons. The van der Waals surface area contributed by atoms with Crippen molar-refractivity contribution in [1.82, 2.24) is 19.1 Å². The van der Waals surface area contributed by atoms with Crippen molar-refractivity contribution in [3.63, 3.8) is 0 Å². The van der Waals surface area contributed by atoms with Gasteiger partial charge in [0.15, 0.2) is 11.2 Å². The van der Waals surface area contributed by atoms with E-state index in [0.717, 1.165) is 34.0 Å². The molecule has 2 N–H and O–H groups in total. The number of nitrogens with zero attached hydrogens (tertiary/aromatic N) is 4. The van der Waals surface area contributed by atoms with Gasteiger partial charge in [-0.15, -0.1) is 0 Å². The first-order chi connectivity index (χ1) is 15.2. The molecule has 6 heteroatoms. The molecular weight excluding hydrogens is 384 g/mol. The van der Waals surface area contributed by atoms with E-state index in [-0.39, 0.29) is 11.2 Å². The Morgan fingerprint density at radius 1 is 0.968 bits per heavy atom. The minimum atomic E-state index is 0.0696. The zero-order valence-electron chi connectivity index (χ0n) is 16.8. The third-order valence-electron chi connectivity index (χ3n) is 5.99. The van der Waals surface area contributed by atoms with Gasteiger partial charge in [-0.1, -0.05) is 36.4 Å². The van der Waals surface area contributed by atoms with Gasteiger partial charge in [-0.05, 0) is 37.3 Å². The maximum atomic E-state index is 9.65. The lowest BCUT2D eigenvalue weighted by atomic mass is 10.1. The fraction of sp³-hybridized carbons (Fsp3) is 0.0800. The van der Waals surface area contributed by atoms with Crippen LogP contribution in [-0.2, 0) is 6.54 Å². The van der Waals surface area contributed by atoms with Crippen molar-refractivity contribution in [2.75, 3.05) is 0 Å². The van der Waals surface area contributed by atoms with Crippen molar-refractivity contribution in [3.05, 3.63) is 77.9 Å². The lowest BCUT2D eigenvalue weighted by Gasteiger charge is -2.10. The van der Waals surface area contributed by atoms with Crippen LogP contribution in [0.4, 0.5) is 0 Å². The molecule has 0 saturated heterocycles. The normalized spacial score (nSPS) is 11.6. The summed E-state index contributed by atoms with van der Waals surface area (Å²) in [6.45, 7) is 3.02. The summed E-state index contributed by atoms with van der Waals surface area (Å²) < 4.78 is 4.09.